The molecule has 1 N–H and O–H groups in total. The van der Waals surface area contributed by atoms with Gasteiger partial charge >= 0.3 is 0 Å². The lowest BCUT2D eigenvalue weighted by molar-refractivity contribution is 0.619. The van der Waals surface area contributed by atoms with Crippen molar-refractivity contribution in [3.05, 3.63) is 17.0 Å². The maximum Gasteiger partial charge on any atom is 0.148 e. The highest BCUT2D eigenvalue weighted by Crippen LogP contribution is 2.22. The van der Waals surface area contributed by atoms with Gasteiger partial charge in [0.25, 0.3) is 0 Å². The van der Waals surface area contributed by atoms with E-state index < -0.39 is 0 Å². The number of nitrogens with one attached hydrogen (secondary N) is 1. The van der Waals surface area contributed by atoms with E-state index in [-0.39, 0.29) is 12.4 Å². The van der Waals surface area contributed by atoms with E-state index >= 15 is 0 Å². The average molecular weight is 352 g/mol. The van der Waals surface area contributed by atoms with E-state index in [1.54, 1.807) is 6.33 Å². The van der Waals surface area contributed by atoms with Gasteiger partial charge in [0.05, 0.1) is 5.69 Å². The molecule has 0 radical (unpaired) electrons. The van der Waals surface area contributed by atoms with Crippen LogP contribution in [-0.4, -0.2) is 28.5 Å². The Morgan fingerprint density at radius 3 is 2.43 bits per heavy atom. The van der Waals surface area contributed by atoms with Crippen LogP contribution < -0.4 is 5.32 Å². The van der Waals surface area contributed by atoms with Crippen molar-refractivity contribution in [1.29, 1.82) is 0 Å². The van der Waals surface area contributed by atoms with E-state index in [4.69, 9.17) is 11.6 Å². The van der Waals surface area contributed by atoms with Gasteiger partial charge in [0.1, 0.15) is 17.2 Å². The highest BCUT2D eigenvalue weighted by molar-refractivity contribution is 7.98. The molecule has 0 saturated carbocycles. The normalized spacial score (nSPS) is 10.2. The molecule has 1 heterocycles. The Labute approximate surface area is 144 Å². The lowest BCUT2D eigenvalue weighted by Gasteiger charge is -2.09. The SMILES string of the molecule is CCc1ncnc(NCCCCCCCCSC)c1Cl.Cl. The predicted molar refractivity (Wildman–Crippen MR) is 98.2 cm³/mol. The molecular weight excluding hydrogens is 325 g/mol. The summed E-state index contributed by atoms with van der Waals surface area (Å²) in [5, 5.41) is 3.99. The summed E-state index contributed by atoms with van der Waals surface area (Å²) in [6.07, 6.45) is 12.4. The summed E-state index contributed by atoms with van der Waals surface area (Å²) in [4.78, 5) is 8.36. The van der Waals surface area contributed by atoms with Crippen LogP contribution in [0.5, 0.6) is 0 Å². The summed E-state index contributed by atoms with van der Waals surface area (Å²) in [6.45, 7) is 2.99. The Hall–Kier alpha value is -0.190. The Kier molecular flexibility index (Phi) is 13.3. The molecule has 0 atom stereocenters. The van der Waals surface area contributed by atoms with Gasteiger partial charge in [0, 0.05) is 6.54 Å². The third-order valence-corrected chi connectivity index (χ3v) is 4.36. The van der Waals surface area contributed by atoms with Gasteiger partial charge in [0.15, 0.2) is 0 Å². The zero-order chi connectivity index (χ0) is 14.6. The van der Waals surface area contributed by atoms with Crippen LogP contribution in [0.3, 0.4) is 0 Å². The number of anilines is 1. The summed E-state index contributed by atoms with van der Waals surface area (Å²) < 4.78 is 0. The molecule has 0 unspecified atom stereocenters. The first-order valence-corrected chi connectivity index (χ1v) is 9.29. The van der Waals surface area contributed by atoms with Crippen molar-refractivity contribution in [2.45, 2.75) is 51.9 Å². The smallest absolute Gasteiger partial charge is 0.148 e. The van der Waals surface area contributed by atoms with Crippen molar-refractivity contribution in [2.24, 2.45) is 0 Å². The molecule has 0 bridgehead atoms. The molecule has 0 aliphatic carbocycles. The second-order valence-electron chi connectivity index (χ2n) is 4.88. The summed E-state index contributed by atoms with van der Waals surface area (Å²) in [5.41, 5.74) is 0.915. The monoisotopic (exact) mass is 351 g/mol. The fourth-order valence-electron chi connectivity index (χ4n) is 2.06. The molecule has 0 aliphatic rings. The van der Waals surface area contributed by atoms with Gasteiger partial charge in [-0.05, 0) is 31.3 Å². The summed E-state index contributed by atoms with van der Waals surface area (Å²) >= 11 is 8.17. The first kappa shape index (κ1) is 20.8. The van der Waals surface area contributed by atoms with Crippen LogP contribution in [0.15, 0.2) is 6.33 Å². The number of halogens is 2. The number of rotatable bonds is 11. The molecule has 122 valence electrons. The van der Waals surface area contributed by atoms with Gasteiger partial charge < -0.3 is 5.32 Å². The van der Waals surface area contributed by atoms with E-state index in [0.29, 0.717) is 5.02 Å². The van der Waals surface area contributed by atoms with Crippen LogP contribution in [0.2, 0.25) is 5.02 Å². The topological polar surface area (TPSA) is 37.8 Å². The fourth-order valence-corrected chi connectivity index (χ4v) is 2.85. The first-order chi connectivity index (χ1) is 9.79. The van der Waals surface area contributed by atoms with Gasteiger partial charge in [-0.2, -0.15) is 11.8 Å². The maximum atomic E-state index is 6.23. The van der Waals surface area contributed by atoms with E-state index in [0.717, 1.165) is 24.5 Å². The maximum absolute atomic E-state index is 6.23. The minimum Gasteiger partial charge on any atom is -0.369 e. The minimum atomic E-state index is 0. The molecule has 1 rings (SSSR count). The van der Waals surface area contributed by atoms with Crippen LogP contribution in [0.1, 0.15) is 51.1 Å². The molecule has 3 nitrogen and oxygen atoms in total. The number of hydrogen-bond acceptors (Lipinski definition) is 4. The Morgan fingerprint density at radius 2 is 1.76 bits per heavy atom. The number of nitrogens with zero attached hydrogens (tertiary/aromatic N) is 2. The highest BCUT2D eigenvalue weighted by Gasteiger charge is 2.06. The summed E-state index contributed by atoms with van der Waals surface area (Å²) in [6, 6.07) is 0. The Morgan fingerprint density at radius 1 is 1.10 bits per heavy atom. The highest BCUT2D eigenvalue weighted by atomic mass is 35.5. The van der Waals surface area contributed by atoms with E-state index in [2.05, 4.69) is 28.5 Å². The van der Waals surface area contributed by atoms with Gasteiger partial charge in [-0.15, -0.1) is 12.4 Å². The third kappa shape index (κ3) is 8.74. The van der Waals surface area contributed by atoms with E-state index in [9.17, 15) is 0 Å². The second-order valence-corrected chi connectivity index (χ2v) is 6.24. The van der Waals surface area contributed by atoms with Crippen molar-refractivity contribution < 1.29 is 0 Å². The molecule has 0 aromatic carbocycles. The summed E-state index contributed by atoms with van der Waals surface area (Å²) in [5.74, 6) is 2.08. The lowest BCUT2D eigenvalue weighted by Crippen LogP contribution is -2.05. The number of hydrogen-bond donors (Lipinski definition) is 1. The molecular formula is C15H27Cl2N3S. The van der Waals surface area contributed by atoms with Crippen molar-refractivity contribution in [2.75, 3.05) is 23.9 Å². The quantitative estimate of drug-likeness (QED) is 0.554. The summed E-state index contributed by atoms with van der Waals surface area (Å²) in [7, 11) is 0. The van der Waals surface area contributed by atoms with Crippen molar-refractivity contribution in [1.82, 2.24) is 9.97 Å². The van der Waals surface area contributed by atoms with Crippen LogP contribution in [0, 0.1) is 0 Å². The molecule has 0 aliphatic heterocycles. The predicted octanol–water partition coefficient (Wildman–Crippen LogP) is 5.23. The molecule has 0 saturated heterocycles. The van der Waals surface area contributed by atoms with Gasteiger partial charge in [-0.1, -0.05) is 44.2 Å². The van der Waals surface area contributed by atoms with Crippen LogP contribution in [0.25, 0.3) is 0 Å². The van der Waals surface area contributed by atoms with Crippen molar-refractivity contribution in [3.8, 4) is 0 Å². The third-order valence-electron chi connectivity index (χ3n) is 3.26. The van der Waals surface area contributed by atoms with Crippen molar-refractivity contribution in [3.63, 3.8) is 0 Å². The van der Waals surface area contributed by atoms with Crippen molar-refractivity contribution >= 4 is 41.6 Å². The lowest BCUT2D eigenvalue weighted by atomic mass is 10.1. The molecule has 0 fully saturated rings. The van der Waals surface area contributed by atoms with E-state index in [1.165, 1.54) is 44.3 Å². The standard InChI is InChI=1S/C15H26ClN3S.ClH/c1-3-13-14(16)15(19-12-18-13)17-10-8-6-4-5-7-9-11-20-2;/h12H,3-11H2,1-2H3,(H,17,18,19);1H. The number of thioether (sulfide) groups is 1. The van der Waals surface area contributed by atoms with Crippen LogP contribution in [0.4, 0.5) is 5.82 Å². The fraction of sp³-hybridized carbons (Fsp3) is 0.733. The largest absolute Gasteiger partial charge is 0.369 e. The van der Waals surface area contributed by atoms with Crippen LogP contribution in [-0.2, 0) is 6.42 Å². The van der Waals surface area contributed by atoms with Gasteiger partial charge in [0.2, 0.25) is 0 Å². The Balaban J connectivity index is 0.00000400. The average Bonchev–Trinajstić information content (AvgIpc) is 2.47. The molecule has 6 heteroatoms. The van der Waals surface area contributed by atoms with Gasteiger partial charge in [-0.3, -0.25) is 0 Å². The molecule has 1 aromatic rings. The molecule has 0 spiro atoms. The molecule has 21 heavy (non-hydrogen) atoms. The zero-order valence-electron chi connectivity index (χ0n) is 13.0. The second kappa shape index (κ2) is 13.5. The first-order valence-electron chi connectivity index (χ1n) is 7.51. The van der Waals surface area contributed by atoms with E-state index in [1.807, 2.05) is 11.8 Å². The number of aromatic nitrogens is 2. The van der Waals surface area contributed by atoms with Crippen LogP contribution >= 0.6 is 35.8 Å². The number of aryl methyl sites for hydroxylation is 1. The Bertz CT molecular complexity index is 378. The number of unbranched alkanes of at least 4 members (excludes halogenated alkanes) is 5. The zero-order valence-corrected chi connectivity index (χ0v) is 15.4. The molecule has 1 aromatic heterocycles. The minimum absolute atomic E-state index is 0. The van der Waals surface area contributed by atoms with Gasteiger partial charge in [-0.25, -0.2) is 9.97 Å². The molecule has 0 amide bonds.